The van der Waals surface area contributed by atoms with Gasteiger partial charge < -0.3 is 19.1 Å². The van der Waals surface area contributed by atoms with Crippen molar-refractivity contribution in [3.8, 4) is 0 Å². The van der Waals surface area contributed by atoms with Gasteiger partial charge in [0, 0.05) is 13.0 Å². The molecule has 0 aromatic carbocycles. The Bertz CT molecular complexity index is 614. The third-order valence-corrected chi connectivity index (χ3v) is 8.70. The molecule has 0 aromatic heterocycles. The maximum Gasteiger partial charge on any atom is 0.508 e. The Kier molecular flexibility index (Phi) is 31.1. The van der Waals surface area contributed by atoms with Crippen LogP contribution in [0.2, 0.25) is 0 Å². The van der Waals surface area contributed by atoms with Crippen LogP contribution >= 0.6 is 0 Å². The fraction of sp³-hybridized carbons (Fsp3) is 0.946. The van der Waals surface area contributed by atoms with E-state index >= 15 is 0 Å². The number of carbonyl (C=O) groups is 2. The van der Waals surface area contributed by atoms with Gasteiger partial charge in [-0.2, -0.15) is 0 Å². The van der Waals surface area contributed by atoms with Crippen molar-refractivity contribution >= 4 is 12.1 Å². The molecule has 6 heteroatoms. The van der Waals surface area contributed by atoms with Gasteiger partial charge >= 0.3 is 12.1 Å². The summed E-state index contributed by atoms with van der Waals surface area (Å²) in [6.07, 6.45) is 27.1. The largest absolute Gasteiger partial charge is 0.508 e. The van der Waals surface area contributed by atoms with Gasteiger partial charge in [-0.25, -0.2) is 4.79 Å². The van der Waals surface area contributed by atoms with Crippen molar-refractivity contribution < 1.29 is 23.8 Å². The Morgan fingerprint density at radius 1 is 0.558 bits per heavy atom. The molecule has 0 spiro atoms. The lowest BCUT2D eigenvalue weighted by molar-refractivity contribution is -0.145. The minimum atomic E-state index is -0.514. The van der Waals surface area contributed by atoms with Crippen molar-refractivity contribution in [2.75, 3.05) is 33.4 Å². The van der Waals surface area contributed by atoms with Crippen LogP contribution in [0.1, 0.15) is 182 Å². The molecule has 0 radical (unpaired) electrons. The molecule has 0 aliphatic heterocycles. The number of hydrogen-bond acceptors (Lipinski definition) is 6. The number of esters is 1. The van der Waals surface area contributed by atoms with E-state index in [1.54, 1.807) is 0 Å². The van der Waals surface area contributed by atoms with Crippen LogP contribution in [0.4, 0.5) is 4.79 Å². The van der Waals surface area contributed by atoms with Gasteiger partial charge in [0.2, 0.25) is 0 Å². The zero-order valence-corrected chi connectivity index (χ0v) is 29.4. The molecule has 0 bridgehead atoms. The lowest BCUT2D eigenvalue weighted by Gasteiger charge is -2.19. The summed E-state index contributed by atoms with van der Waals surface area (Å²) in [5.74, 6) is 0.493. The Balaban J connectivity index is 4.16. The van der Waals surface area contributed by atoms with Crippen molar-refractivity contribution in [2.24, 2.45) is 5.92 Å². The molecule has 43 heavy (non-hydrogen) atoms. The smallest absolute Gasteiger partial charge is 0.466 e. The van der Waals surface area contributed by atoms with Crippen molar-refractivity contribution in [1.82, 2.24) is 4.90 Å². The quantitative estimate of drug-likeness (QED) is 0.0557. The molecule has 0 fully saturated rings. The van der Waals surface area contributed by atoms with E-state index in [1.165, 1.54) is 83.5 Å². The normalized spacial score (nSPS) is 12.8. The number of unbranched alkanes of at least 4 members (excludes halogenated alkanes) is 15. The molecule has 6 nitrogen and oxygen atoms in total. The van der Waals surface area contributed by atoms with Gasteiger partial charge in [-0.05, 0) is 64.5 Å². The van der Waals surface area contributed by atoms with Crippen LogP contribution in [0.25, 0.3) is 0 Å². The van der Waals surface area contributed by atoms with Gasteiger partial charge in [0.25, 0.3) is 0 Å². The molecule has 0 heterocycles. The molecular formula is C37H73NO5. The third kappa shape index (κ3) is 29.2. The number of nitrogens with zero attached hydrogens (tertiary/aromatic N) is 1. The Morgan fingerprint density at radius 3 is 1.63 bits per heavy atom. The molecule has 256 valence electrons. The van der Waals surface area contributed by atoms with Crippen LogP contribution in [0, 0.1) is 5.92 Å². The summed E-state index contributed by atoms with van der Waals surface area (Å²) in [6.45, 7) is 11.4. The Labute approximate surface area is 267 Å². The standard InChI is InChI=1S/C37H73NO5/c1-6-10-13-15-16-19-23-28-35(43-37(40)42-32-30-38(5)9-4)29-24-20-17-18-21-25-31-41-36(39)33-34(26-12-8-3)27-22-14-11-7-2/h34-35H,6-33H2,1-5H3. The molecule has 0 saturated heterocycles. The highest BCUT2D eigenvalue weighted by atomic mass is 16.7. The second kappa shape index (κ2) is 32.1. The zero-order chi connectivity index (χ0) is 31.8. The number of carbonyl (C=O) groups excluding carboxylic acids is 2. The van der Waals surface area contributed by atoms with E-state index in [4.69, 9.17) is 14.2 Å². The predicted octanol–water partition coefficient (Wildman–Crippen LogP) is 11.0. The average molecular weight is 612 g/mol. The van der Waals surface area contributed by atoms with Gasteiger partial charge in [-0.1, -0.05) is 130 Å². The molecule has 0 aromatic rings. The topological polar surface area (TPSA) is 65.1 Å². The monoisotopic (exact) mass is 612 g/mol. The van der Waals surface area contributed by atoms with E-state index in [-0.39, 0.29) is 12.1 Å². The summed E-state index contributed by atoms with van der Waals surface area (Å²) >= 11 is 0. The first-order valence-corrected chi connectivity index (χ1v) is 18.6. The van der Waals surface area contributed by atoms with Gasteiger partial charge in [0.05, 0.1) is 6.61 Å². The fourth-order valence-corrected chi connectivity index (χ4v) is 5.57. The second-order valence-electron chi connectivity index (χ2n) is 12.8. The molecule has 0 amide bonds. The summed E-state index contributed by atoms with van der Waals surface area (Å²) in [7, 11) is 2.02. The van der Waals surface area contributed by atoms with E-state index in [1.807, 2.05) is 7.05 Å². The SMILES string of the molecule is CCCCCCCCCC(CCCCCCCCOC(=O)CC(CCCC)CCCCCC)OC(=O)OCCN(C)CC. The van der Waals surface area contributed by atoms with Crippen LogP contribution in [0.15, 0.2) is 0 Å². The van der Waals surface area contributed by atoms with Gasteiger partial charge in [-0.3, -0.25) is 4.79 Å². The van der Waals surface area contributed by atoms with E-state index in [9.17, 15) is 9.59 Å². The van der Waals surface area contributed by atoms with E-state index in [0.29, 0.717) is 25.6 Å². The van der Waals surface area contributed by atoms with Crippen LogP contribution in [-0.4, -0.2) is 56.5 Å². The van der Waals surface area contributed by atoms with Crippen molar-refractivity contribution in [2.45, 2.75) is 188 Å². The fourth-order valence-electron chi connectivity index (χ4n) is 5.57. The molecule has 2 unspecified atom stereocenters. The van der Waals surface area contributed by atoms with Crippen LogP contribution in [0.3, 0.4) is 0 Å². The van der Waals surface area contributed by atoms with Crippen molar-refractivity contribution in [1.29, 1.82) is 0 Å². The highest BCUT2D eigenvalue weighted by Crippen LogP contribution is 2.22. The van der Waals surface area contributed by atoms with Gasteiger partial charge in [-0.15, -0.1) is 0 Å². The maximum absolute atomic E-state index is 12.4. The van der Waals surface area contributed by atoms with Gasteiger partial charge in [0.1, 0.15) is 12.7 Å². The highest BCUT2D eigenvalue weighted by molar-refractivity contribution is 5.69. The summed E-state index contributed by atoms with van der Waals surface area (Å²) in [5, 5.41) is 0. The zero-order valence-electron chi connectivity index (χ0n) is 29.4. The molecule has 0 aliphatic carbocycles. The highest BCUT2D eigenvalue weighted by Gasteiger charge is 2.16. The minimum absolute atomic E-state index is 0.000457. The van der Waals surface area contributed by atoms with Crippen LogP contribution in [0.5, 0.6) is 0 Å². The molecule has 0 N–H and O–H groups in total. The number of rotatable bonds is 32. The van der Waals surface area contributed by atoms with Crippen LogP contribution in [-0.2, 0) is 19.0 Å². The predicted molar refractivity (Wildman–Crippen MR) is 182 cm³/mol. The lowest BCUT2D eigenvalue weighted by atomic mass is 9.92. The summed E-state index contributed by atoms with van der Waals surface area (Å²) in [5.41, 5.74) is 0. The third-order valence-electron chi connectivity index (χ3n) is 8.70. The second-order valence-corrected chi connectivity index (χ2v) is 12.8. The first-order valence-electron chi connectivity index (χ1n) is 18.6. The number of ether oxygens (including phenoxy) is 3. The Morgan fingerprint density at radius 2 is 1.05 bits per heavy atom. The minimum Gasteiger partial charge on any atom is -0.466 e. The Hall–Kier alpha value is -1.30. The first kappa shape index (κ1) is 41.7. The summed E-state index contributed by atoms with van der Waals surface area (Å²) in [6, 6.07) is 0. The maximum atomic E-state index is 12.4. The number of hydrogen-bond donors (Lipinski definition) is 0. The molecule has 2 atom stereocenters. The summed E-state index contributed by atoms with van der Waals surface area (Å²) in [4.78, 5) is 26.8. The van der Waals surface area contributed by atoms with E-state index < -0.39 is 6.16 Å². The molecular weight excluding hydrogens is 538 g/mol. The molecule has 0 rings (SSSR count). The summed E-state index contributed by atoms with van der Waals surface area (Å²) < 4.78 is 16.7. The number of likely N-dealkylation sites (N-methyl/N-ethyl adjacent to an activating group) is 1. The van der Waals surface area contributed by atoms with E-state index in [0.717, 1.165) is 77.3 Å². The lowest BCUT2D eigenvalue weighted by Crippen LogP contribution is -2.26. The van der Waals surface area contributed by atoms with Crippen molar-refractivity contribution in [3.63, 3.8) is 0 Å². The first-order chi connectivity index (χ1) is 21.0. The van der Waals surface area contributed by atoms with Gasteiger partial charge in [0.15, 0.2) is 0 Å². The van der Waals surface area contributed by atoms with Crippen LogP contribution < -0.4 is 0 Å². The average Bonchev–Trinajstić information content (AvgIpc) is 3.00. The van der Waals surface area contributed by atoms with E-state index in [2.05, 4.69) is 32.6 Å². The molecule has 0 saturated carbocycles. The molecule has 0 aliphatic rings. The van der Waals surface area contributed by atoms with Crippen molar-refractivity contribution in [3.05, 3.63) is 0 Å².